The van der Waals surface area contributed by atoms with Gasteiger partial charge in [-0.05, 0) is 54.3 Å². The number of hydrogen-bond donors (Lipinski definition) is 0. The van der Waals surface area contributed by atoms with E-state index in [1.807, 2.05) is 54.8 Å². The first-order valence-corrected chi connectivity index (χ1v) is 11.7. The van der Waals surface area contributed by atoms with Gasteiger partial charge < -0.3 is 18.9 Å². The average molecular weight is 484 g/mol. The molecule has 0 amide bonds. The van der Waals surface area contributed by atoms with E-state index in [0.717, 1.165) is 10.6 Å². The van der Waals surface area contributed by atoms with Crippen LogP contribution in [0.2, 0.25) is 5.02 Å². The van der Waals surface area contributed by atoms with E-state index in [1.165, 1.54) is 11.3 Å². The van der Waals surface area contributed by atoms with E-state index in [9.17, 15) is 4.79 Å². The Hall–Kier alpha value is -3.29. The van der Waals surface area contributed by atoms with Crippen LogP contribution in [0.25, 0.3) is 6.08 Å². The molecule has 0 aliphatic carbocycles. The van der Waals surface area contributed by atoms with E-state index < -0.39 is 5.97 Å². The SMILES string of the molecule is CCOc1cc(C=C2N=C(c3cccs3)OC2=O)cc(Cl)c1OCCCOc1ccccc1. The second-order valence-corrected chi connectivity index (χ2v) is 8.29. The molecular formula is C25H22ClNO5S. The van der Waals surface area contributed by atoms with Crippen molar-refractivity contribution in [2.45, 2.75) is 13.3 Å². The third-order valence-corrected chi connectivity index (χ3v) is 5.67. The van der Waals surface area contributed by atoms with Gasteiger partial charge >= 0.3 is 5.97 Å². The highest BCUT2D eigenvalue weighted by Gasteiger charge is 2.25. The summed E-state index contributed by atoms with van der Waals surface area (Å²) in [5.41, 5.74) is 0.856. The quantitative estimate of drug-likeness (QED) is 0.201. The lowest BCUT2D eigenvalue weighted by Crippen LogP contribution is -2.06. The van der Waals surface area contributed by atoms with Crippen LogP contribution in [-0.4, -0.2) is 31.7 Å². The molecule has 1 aromatic heterocycles. The number of nitrogens with zero attached hydrogens (tertiary/aromatic N) is 1. The second-order valence-electron chi connectivity index (χ2n) is 6.94. The van der Waals surface area contributed by atoms with Gasteiger partial charge in [-0.2, -0.15) is 0 Å². The highest BCUT2D eigenvalue weighted by Crippen LogP contribution is 2.37. The Morgan fingerprint density at radius 3 is 2.64 bits per heavy atom. The molecule has 0 saturated heterocycles. The number of hydrogen-bond acceptors (Lipinski definition) is 7. The minimum absolute atomic E-state index is 0.198. The molecule has 0 unspecified atom stereocenters. The van der Waals surface area contributed by atoms with Crippen molar-refractivity contribution in [3.8, 4) is 17.2 Å². The number of para-hydroxylation sites is 1. The zero-order valence-electron chi connectivity index (χ0n) is 18.0. The number of aliphatic imine (C=N–C) groups is 1. The fraction of sp³-hybridized carbons (Fsp3) is 0.200. The molecule has 6 nitrogen and oxygen atoms in total. The third kappa shape index (κ3) is 5.94. The zero-order chi connectivity index (χ0) is 23.0. The molecule has 0 spiro atoms. The fourth-order valence-corrected chi connectivity index (χ4v) is 4.01. The molecule has 3 aromatic rings. The summed E-state index contributed by atoms with van der Waals surface area (Å²) >= 11 is 7.95. The van der Waals surface area contributed by atoms with Crippen LogP contribution in [0.5, 0.6) is 17.2 Å². The van der Waals surface area contributed by atoms with Gasteiger partial charge in [-0.15, -0.1) is 11.3 Å². The molecule has 4 rings (SSSR count). The van der Waals surface area contributed by atoms with E-state index in [0.29, 0.717) is 54.2 Å². The van der Waals surface area contributed by atoms with Gasteiger partial charge in [0.2, 0.25) is 5.90 Å². The van der Waals surface area contributed by atoms with Crippen LogP contribution in [0.1, 0.15) is 23.8 Å². The molecule has 8 heteroatoms. The van der Waals surface area contributed by atoms with Crippen LogP contribution < -0.4 is 14.2 Å². The molecule has 2 aromatic carbocycles. The summed E-state index contributed by atoms with van der Waals surface area (Å²) in [6.07, 6.45) is 2.30. The number of carbonyl (C=O) groups is 1. The molecule has 1 aliphatic rings. The Balaban J connectivity index is 1.44. The molecule has 33 heavy (non-hydrogen) atoms. The van der Waals surface area contributed by atoms with Crippen molar-refractivity contribution < 1.29 is 23.7 Å². The highest BCUT2D eigenvalue weighted by atomic mass is 35.5. The first-order valence-electron chi connectivity index (χ1n) is 10.5. The normalized spacial score (nSPS) is 14.2. The standard InChI is InChI=1S/C25H22ClNO5S/c1-2-29-21-16-17(15-20-25(28)32-24(27-20)22-10-6-13-33-22)14-19(26)23(21)31-12-7-11-30-18-8-4-3-5-9-18/h3-6,8-10,13-16H,2,7,11-12H2,1H3. The van der Waals surface area contributed by atoms with Crippen LogP contribution in [0.4, 0.5) is 0 Å². The molecule has 0 N–H and O–H groups in total. The maximum Gasteiger partial charge on any atom is 0.363 e. The average Bonchev–Trinajstić information content (AvgIpc) is 3.46. The summed E-state index contributed by atoms with van der Waals surface area (Å²) in [5.74, 6) is 1.56. The Morgan fingerprint density at radius 2 is 1.88 bits per heavy atom. The summed E-state index contributed by atoms with van der Waals surface area (Å²) in [7, 11) is 0. The van der Waals surface area contributed by atoms with E-state index >= 15 is 0 Å². The number of benzene rings is 2. The summed E-state index contributed by atoms with van der Waals surface area (Å²) in [6, 6.07) is 16.8. The summed E-state index contributed by atoms with van der Waals surface area (Å²) in [4.78, 5) is 17.4. The van der Waals surface area contributed by atoms with Gasteiger partial charge in [0.15, 0.2) is 17.2 Å². The molecule has 0 radical (unpaired) electrons. The van der Waals surface area contributed by atoms with Crippen molar-refractivity contribution in [3.05, 3.63) is 81.1 Å². The van der Waals surface area contributed by atoms with Gasteiger partial charge in [0.1, 0.15) is 5.75 Å². The van der Waals surface area contributed by atoms with Crippen LogP contribution in [-0.2, 0) is 9.53 Å². The van der Waals surface area contributed by atoms with Gasteiger partial charge in [-0.1, -0.05) is 35.9 Å². The van der Waals surface area contributed by atoms with Crippen LogP contribution in [0.15, 0.2) is 70.7 Å². The largest absolute Gasteiger partial charge is 0.493 e. The van der Waals surface area contributed by atoms with Gasteiger partial charge in [0.25, 0.3) is 0 Å². The molecule has 170 valence electrons. The monoisotopic (exact) mass is 483 g/mol. The fourth-order valence-electron chi connectivity index (χ4n) is 3.09. The first-order chi connectivity index (χ1) is 16.1. The molecular weight excluding hydrogens is 462 g/mol. The Morgan fingerprint density at radius 1 is 1.06 bits per heavy atom. The molecule has 0 fully saturated rings. The molecule has 2 heterocycles. The maximum atomic E-state index is 12.3. The Labute approximate surface area is 201 Å². The van der Waals surface area contributed by atoms with E-state index in [-0.39, 0.29) is 5.70 Å². The summed E-state index contributed by atoms with van der Waals surface area (Å²) in [5, 5.41) is 2.28. The lowest BCUT2D eigenvalue weighted by Gasteiger charge is -2.15. The van der Waals surface area contributed by atoms with Gasteiger partial charge in [0, 0.05) is 6.42 Å². The smallest absolute Gasteiger partial charge is 0.363 e. The first kappa shape index (κ1) is 22.9. The molecule has 0 saturated carbocycles. The van der Waals surface area contributed by atoms with E-state index in [4.69, 9.17) is 30.5 Å². The second kappa shape index (κ2) is 11.0. The Kier molecular flexibility index (Phi) is 7.65. The number of ether oxygens (including phenoxy) is 4. The number of thiophene rings is 1. The van der Waals surface area contributed by atoms with Crippen molar-refractivity contribution in [2.24, 2.45) is 4.99 Å². The molecule has 0 bridgehead atoms. The van der Waals surface area contributed by atoms with Gasteiger partial charge in [-0.3, -0.25) is 0 Å². The van der Waals surface area contributed by atoms with Crippen molar-refractivity contribution in [1.29, 1.82) is 0 Å². The van der Waals surface area contributed by atoms with Gasteiger partial charge in [0.05, 0.1) is 29.7 Å². The van der Waals surface area contributed by atoms with Crippen LogP contribution >= 0.6 is 22.9 Å². The summed E-state index contributed by atoms with van der Waals surface area (Å²) in [6.45, 7) is 3.24. The van der Waals surface area contributed by atoms with Crippen molar-refractivity contribution in [1.82, 2.24) is 0 Å². The maximum absolute atomic E-state index is 12.3. The van der Waals surface area contributed by atoms with Crippen molar-refractivity contribution in [3.63, 3.8) is 0 Å². The minimum Gasteiger partial charge on any atom is -0.493 e. The Bertz CT molecular complexity index is 1160. The van der Waals surface area contributed by atoms with Crippen molar-refractivity contribution >= 4 is 40.9 Å². The number of cyclic esters (lactones) is 1. The topological polar surface area (TPSA) is 66.4 Å². The number of carbonyl (C=O) groups excluding carboxylic acids is 1. The zero-order valence-corrected chi connectivity index (χ0v) is 19.5. The predicted octanol–water partition coefficient (Wildman–Crippen LogP) is 5.99. The van der Waals surface area contributed by atoms with Crippen LogP contribution in [0.3, 0.4) is 0 Å². The number of esters is 1. The van der Waals surface area contributed by atoms with Gasteiger partial charge in [-0.25, -0.2) is 9.79 Å². The summed E-state index contributed by atoms with van der Waals surface area (Å²) < 4.78 is 22.6. The van der Waals surface area contributed by atoms with E-state index in [2.05, 4.69) is 4.99 Å². The lowest BCUT2D eigenvalue weighted by atomic mass is 10.1. The van der Waals surface area contributed by atoms with Crippen molar-refractivity contribution in [2.75, 3.05) is 19.8 Å². The van der Waals surface area contributed by atoms with E-state index in [1.54, 1.807) is 18.2 Å². The highest BCUT2D eigenvalue weighted by molar-refractivity contribution is 7.12. The lowest BCUT2D eigenvalue weighted by molar-refractivity contribution is -0.129. The predicted molar refractivity (Wildman–Crippen MR) is 130 cm³/mol. The number of rotatable bonds is 10. The number of halogens is 1. The minimum atomic E-state index is -0.508. The molecule has 0 atom stereocenters. The third-order valence-electron chi connectivity index (χ3n) is 4.53. The molecule has 1 aliphatic heterocycles. The van der Waals surface area contributed by atoms with Crippen LogP contribution in [0, 0.1) is 0 Å².